The largest absolute Gasteiger partial charge is 0.395 e. The first-order valence-corrected chi connectivity index (χ1v) is 12.1. The lowest BCUT2D eigenvalue weighted by molar-refractivity contribution is 0.0921. The normalized spacial score (nSPS) is 21.2. The Hall–Kier alpha value is -2.13. The Labute approximate surface area is 187 Å². The summed E-state index contributed by atoms with van der Waals surface area (Å²) in [6.45, 7) is 4.69. The molecule has 2 aliphatic rings. The summed E-state index contributed by atoms with van der Waals surface area (Å²) in [5.41, 5.74) is 10.7. The fraction of sp³-hybridized carbons (Fsp3) is 0.478. The van der Waals surface area contributed by atoms with Crippen molar-refractivity contribution < 1.29 is 5.11 Å². The van der Waals surface area contributed by atoms with Gasteiger partial charge in [0.15, 0.2) is 0 Å². The average Bonchev–Trinajstić information content (AvgIpc) is 3.10. The van der Waals surface area contributed by atoms with E-state index >= 15 is 0 Å². The van der Waals surface area contributed by atoms with Crippen molar-refractivity contribution in [1.29, 1.82) is 0 Å². The van der Waals surface area contributed by atoms with Crippen LogP contribution in [0.5, 0.6) is 0 Å². The third kappa shape index (κ3) is 4.30. The predicted octanol–water partition coefficient (Wildman–Crippen LogP) is 3.07. The highest BCUT2D eigenvalue weighted by molar-refractivity contribution is 7.97. The first kappa shape index (κ1) is 20.8. The summed E-state index contributed by atoms with van der Waals surface area (Å²) in [6.07, 6.45) is 7.57. The van der Waals surface area contributed by atoms with Gasteiger partial charge in [0.05, 0.1) is 12.0 Å². The molecule has 5 rings (SSSR count). The maximum absolute atomic E-state index is 8.94. The molecule has 3 heterocycles. The Morgan fingerprint density at radius 2 is 2.10 bits per heavy atom. The summed E-state index contributed by atoms with van der Waals surface area (Å²) >= 11 is 1.54. The van der Waals surface area contributed by atoms with Crippen LogP contribution in [0.1, 0.15) is 30.9 Å². The number of fused-ring (bicyclic) bond motifs is 1. The lowest BCUT2D eigenvalue weighted by Gasteiger charge is -2.42. The molecule has 3 aromatic rings. The number of nitrogens with two attached hydrogens (primary N) is 1. The first-order chi connectivity index (χ1) is 15.2. The summed E-state index contributed by atoms with van der Waals surface area (Å²) in [6, 6.07) is 9.01. The number of aliphatic hydroxyl groups excluding tert-OH is 1. The van der Waals surface area contributed by atoms with E-state index in [1.807, 2.05) is 0 Å². The minimum Gasteiger partial charge on any atom is -0.395 e. The third-order valence-electron chi connectivity index (χ3n) is 6.52. The number of anilines is 1. The predicted molar refractivity (Wildman–Crippen MR) is 127 cm³/mol. The van der Waals surface area contributed by atoms with Gasteiger partial charge in [0.25, 0.3) is 0 Å². The molecule has 8 heteroatoms. The number of nitrogens with one attached hydrogen (secondary N) is 1. The van der Waals surface area contributed by atoms with Gasteiger partial charge >= 0.3 is 0 Å². The molecular formula is C23H30N6OS. The Kier molecular flexibility index (Phi) is 6.13. The van der Waals surface area contributed by atoms with E-state index in [1.165, 1.54) is 56.4 Å². The lowest BCUT2D eigenvalue weighted by atomic mass is 9.79. The van der Waals surface area contributed by atoms with Gasteiger partial charge in [-0.2, -0.15) is 0 Å². The molecule has 2 fully saturated rings. The second-order valence-corrected chi connectivity index (χ2v) is 9.63. The lowest BCUT2D eigenvalue weighted by Crippen LogP contribution is -2.43. The van der Waals surface area contributed by atoms with E-state index in [4.69, 9.17) is 10.8 Å². The van der Waals surface area contributed by atoms with Gasteiger partial charge in [0.1, 0.15) is 17.8 Å². The maximum Gasteiger partial charge on any atom is 0.146 e. The Bertz CT molecular complexity index is 1040. The number of nitrogen functional groups attached to an aromatic ring is 1. The van der Waals surface area contributed by atoms with Crippen LogP contribution in [0, 0.1) is 5.92 Å². The van der Waals surface area contributed by atoms with Crippen molar-refractivity contribution in [3.05, 3.63) is 42.4 Å². The van der Waals surface area contributed by atoms with Gasteiger partial charge in [0, 0.05) is 36.6 Å². The highest BCUT2D eigenvalue weighted by atomic mass is 32.2. The van der Waals surface area contributed by atoms with Gasteiger partial charge in [-0.25, -0.2) is 9.97 Å². The van der Waals surface area contributed by atoms with Gasteiger partial charge in [-0.1, -0.05) is 30.1 Å². The topological polar surface area (TPSA) is 92.2 Å². The zero-order valence-electron chi connectivity index (χ0n) is 17.7. The van der Waals surface area contributed by atoms with Crippen LogP contribution in [0.15, 0.2) is 36.8 Å². The number of aliphatic hydroxyl groups is 1. The zero-order chi connectivity index (χ0) is 21.2. The van der Waals surface area contributed by atoms with E-state index in [0.29, 0.717) is 17.6 Å². The van der Waals surface area contributed by atoms with Crippen molar-refractivity contribution in [2.75, 3.05) is 37.7 Å². The third-order valence-corrected chi connectivity index (χ3v) is 7.25. The molecule has 0 bridgehead atoms. The molecule has 1 aliphatic carbocycles. The Morgan fingerprint density at radius 3 is 2.87 bits per heavy atom. The van der Waals surface area contributed by atoms with Crippen LogP contribution in [0.3, 0.4) is 0 Å². The van der Waals surface area contributed by atoms with E-state index < -0.39 is 0 Å². The molecule has 1 aromatic carbocycles. The van der Waals surface area contributed by atoms with Gasteiger partial charge in [-0.15, -0.1) is 0 Å². The van der Waals surface area contributed by atoms with E-state index in [2.05, 4.69) is 54.6 Å². The molecular weight excluding hydrogens is 408 g/mol. The van der Waals surface area contributed by atoms with Crippen molar-refractivity contribution in [2.24, 2.45) is 5.92 Å². The maximum atomic E-state index is 8.94. The van der Waals surface area contributed by atoms with Gasteiger partial charge in [-0.3, -0.25) is 4.72 Å². The van der Waals surface area contributed by atoms with Crippen molar-refractivity contribution in [1.82, 2.24) is 24.2 Å². The van der Waals surface area contributed by atoms with Crippen molar-refractivity contribution >= 4 is 28.8 Å². The number of likely N-dealkylation sites (tertiary alicyclic amines) is 1. The quantitative estimate of drug-likeness (QED) is 0.349. The van der Waals surface area contributed by atoms with Crippen LogP contribution in [-0.2, 0) is 6.54 Å². The molecule has 0 radical (unpaired) electrons. The summed E-state index contributed by atoms with van der Waals surface area (Å²) in [7, 11) is 0. The number of hydrogen-bond acceptors (Lipinski definition) is 7. The molecule has 0 amide bonds. The van der Waals surface area contributed by atoms with Crippen LogP contribution >= 0.6 is 11.9 Å². The van der Waals surface area contributed by atoms with Crippen LogP contribution in [-0.4, -0.2) is 56.5 Å². The fourth-order valence-corrected chi connectivity index (χ4v) is 5.22. The van der Waals surface area contributed by atoms with Crippen LogP contribution in [0.25, 0.3) is 22.2 Å². The molecule has 4 N–H and O–H groups in total. The highest BCUT2D eigenvalue weighted by Gasteiger charge is 2.34. The number of rotatable bonds is 9. The molecule has 31 heavy (non-hydrogen) atoms. The van der Waals surface area contributed by atoms with Crippen molar-refractivity contribution in [2.45, 2.75) is 31.8 Å². The van der Waals surface area contributed by atoms with E-state index in [0.717, 1.165) is 34.6 Å². The Balaban J connectivity index is 1.39. The summed E-state index contributed by atoms with van der Waals surface area (Å²) < 4.78 is 5.63. The molecule has 0 unspecified atom stereocenters. The summed E-state index contributed by atoms with van der Waals surface area (Å²) in [5, 5.41) is 9.89. The van der Waals surface area contributed by atoms with Crippen LogP contribution in [0.4, 0.5) is 5.82 Å². The highest BCUT2D eigenvalue weighted by Crippen LogP contribution is 2.43. The number of nitrogens with zero attached hydrogens (tertiary/aromatic N) is 4. The molecule has 0 atom stereocenters. The number of hydrogen-bond donors (Lipinski definition) is 3. The van der Waals surface area contributed by atoms with Gasteiger partial charge < -0.3 is 20.3 Å². The van der Waals surface area contributed by atoms with Crippen molar-refractivity contribution in [3.8, 4) is 11.1 Å². The van der Waals surface area contributed by atoms with E-state index in [9.17, 15) is 0 Å². The van der Waals surface area contributed by atoms with Gasteiger partial charge in [-0.05, 0) is 55.5 Å². The van der Waals surface area contributed by atoms with E-state index in [1.54, 1.807) is 6.33 Å². The molecule has 0 spiro atoms. The molecule has 164 valence electrons. The second-order valence-electron chi connectivity index (χ2n) is 8.65. The molecule has 7 nitrogen and oxygen atoms in total. The number of benzene rings is 1. The summed E-state index contributed by atoms with van der Waals surface area (Å²) in [4.78, 5) is 11.5. The monoisotopic (exact) mass is 438 g/mol. The SMILES string of the molecule is Nc1ncnc2c1c(-c1cccc(CNSCCO)c1)cn2C1CC(CN2CCC2)C1. The minimum absolute atomic E-state index is 0.177. The smallest absolute Gasteiger partial charge is 0.146 e. The molecule has 1 saturated carbocycles. The minimum atomic E-state index is 0.177. The molecule has 1 aliphatic heterocycles. The number of aromatic nitrogens is 3. The fourth-order valence-electron chi connectivity index (χ4n) is 4.71. The zero-order valence-corrected chi connectivity index (χ0v) is 18.5. The molecule has 2 aromatic heterocycles. The molecule has 1 saturated heterocycles. The first-order valence-electron chi connectivity index (χ1n) is 11.1. The van der Waals surface area contributed by atoms with Crippen LogP contribution in [0.2, 0.25) is 0 Å². The Morgan fingerprint density at radius 1 is 1.23 bits per heavy atom. The van der Waals surface area contributed by atoms with E-state index in [-0.39, 0.29) is 6.61 Å². The standard InChI is InChI=1S/C23H30N6OS/c24-22-21-20(18-4-1-3-16(9-18)12-27-31-8-7-30)14-29(23(21)26-15-25-22)19-10-17(11-19)13-28-5-2-6-28/h1,3-4,9,14-15,17,19,27,30H,2,5-8,10-13H2,(H2,24,25,26). The van der Waals surface area contributed by atoms with Gasteiger partial charge in [0.2, 0.25) is 0 Å². The van der Waals surface area contributed by atoms with Crippen LogP contribution < -0.4 is 10.5 Å². The second kappa shape index (κ2) is 9.16. The summed E-state index contributed by atoms with van der Waals surface area (Å²) in [5.74, 6) is 2.01. The average molecular weight is 439 g/mol. The van der Waals surface area contributed by atoms with Crippen molar-refractivity contribution in [3.63, 3.8) is 0 Å².